The molecule has 0 atom stereocenters. The average Bonchev–Trinajstić information content (AvgIpc) is 2.80. The first kappa shape index (κ1) is 22.2. The molecule has 0 spiro atoms. The molecule has 1 heterocycles. The second-order valence-corrected chi connectivity index (χ2v) is 8.48. The number of hydrogen-bond acceptors (Lipinski definition) is 4. The van der Waals surface area contributed by atoms with Crippen molar-refractivity contribution in [2.45, 2.75) is 13.5 Å². The zero-order chi connectivity index (χ0) is 22.3. The fourth-order valence-electron chi connectivity index (χ4n) is 3.88. The van der Waals surface area contributed by atoms with Crippen LogP contribution in [0.2, 0.25) is 5.02 Å². The molecule has 3 aromatic carbocycles. The van der Waals surface area contributed by atoms with Crippen LogP contribution in [0, 0.1) is 6.92 Å². The molecule has 0 unspecified atom stereocenters. The second kappa shape index (κ2) is 10.5. The van der Waals surface area contributed by atoms with Gasteiger partial charge in [-0.2, -0.15) is 0 Å². The number of carbonyl (C=O) groups is 1. The van der Waals surface area contributed by atoms with E-state index < -0.39 is 0 Å². The molecule has 1 aliphatic heterocycles. The van der Waals surface area contributed by atoms with Crippen LogP contribution in [0.15, 0.2) is 72.8 Å². The molecule has 0 aromatic heterocycles. The third kappa shape index (κ3) is 6.02. The summed E-state index contributed by atoms with van der Waals surface area (Å²) in [5, 5.41) is 3.54. The van der Waals surface area contributed by atoms with E-state index in [2.05, 4.69) is 57.6 Å². The van der Waals surface area contributed by atoms with Crippen molar-refractivity contribution in [2.24, 2.45) is 0 Å². The Bertz CT molecular complexity index is 1030. The summed E-state index contributed by atoms with van der Waals surface area (Å²) < 4.78 is 5.61. The van der Waals surface area contributed by atoms with Crippen molar-refractivity contribution in [1.82, 2.24) is 4.90 Å². The van der Waals surface area contributed by atoms with Gasteiger partial charge in [-0.3, -0.25) is 9.69 Å². The van der Waals surface area contributed by atoms with Crippen LogP contribution >= 0.6 is 11.6 Å². The molecule has 4 rings (SSSR count). The SMILES string of the molecule is Cc1cc(Cl)ccc1OCC(=O)Nc1ccc(N2CCN(Cc3ccccc3)CC2)cc1. The van der Waals surface area contributed by atoms with Crippen LogP contribution in [0.4, 0.5) is 11.4 Å². The van der Waals surface area contributed by atoms with E-state index in [0.717, 1.165) is 44.0 Å². The number of ether oxygens (including phenoxy) is 1. The van der Waals surface area contributed by atoms with Gasteiger partial charge in [0, 0.05) is 49.1 Å². The van der Waals surface area contributed by atoms with E-state index in [1.807, 2.05) is 25.1 Å². The smallest absolute Gasteiger partial charge is 0.262 e. The Kier molecular flexibility index (Phi) is 7.30. The minimum Gasteiger partial charge on any atom is -0.483 e. The summed E-state index contributed by atoms with van der Waals surface area (Å²) >= 11 is 5.96. The molecule has 5 nitrogen and oxygen atoms in total. The molecule has 32 heavy (non-hydrogen) atoms. The van der Waals surface area contributed by atoms with Crippen molar-refractivity contribution in [3.05, 3.63) is 88.9 Å². The van der Waals surface area contributed by atoms with Gasteiger partial charge in [0.25, 0.3) is 5.91 Å². The molecule has 1 amide bonds. The lowest BCUT2D eigenvalue weighted by Gasteiger charge is -2.36. The van der Waals surface area contributed by atoms with Crippen molar-refractivity contribution in [3.63, 3.8) is 0 Å². The first-order chi connectivity index (χ1) is 15.6. The van der Waals surface area contributed by atoms with Gasteiger partial charge in [0.1, 0.15) is 5.75 Å². The molecule has 3 aromatic rings. The molecule has 1 saturated heterocycles. The zero-order valence-electron chi connectivity index (χ0n) is 18.3. The number of anilines is 2. The van der Waals surface area contributed by atoms with Crippen LogP contribution in [0.5, 0.6) is 5.75 Å². The maximum atomic E-state index is 12.3. The number of amides is 1. The normalized spacial score (nSPS) is 14.2. The molecule has 0 aliphatic carbocycles. The zero-order valence-corrected chi connectivity index (χ0v) is 19.0. The summed E-state index contributed by atoms with van der Waals surface area (Å²) in [5.74, 6) is 0.466. The highest BCUT2D eigenvalue weighted by Gasteiger charge is 2.17. The van der Waals surface area contributed by atoms with Gasteiger partial charge >= 0.3 is 0 Å². The lowest BCUT2D eigenvalue weighted by molar-refractivity contribution is -0.118. The van der Waals surface area contributed by atoms with E-state index >= 15 is 0 Å². The molecule has 6 heteroatoms. The third-order valence-electron chi connectivity index (χ3n) is 5.63. The number of halogens is 1. The van der Waals surface area contributed by atoms with Gasteiger partial charge < -0.3 is 15.0 Å². The molecule has 0 bridgehead atoms. The maximum Gasteiger partial charge on any atom is 0.262 e. The number of nitrogens with one attached hydrogen (secondary N) is 1. The van der Waals surface area contributed by atoms with Gasteiger partial charge in [-0.05, 0) is 60.5 Å². The number of rotatable bonds is 7. The predicted molar refractivity (Wildman–Crippen MR) is 131 cm³/mol. The Labute approximate surface area is 194 Å². The van der Waals surface area contributed by atoms with Crippen LogP contribution < -0.4 is 15.0 Å². The van der Waals surface area contributed by atoms with Gasteiger partial charge in [0.05, 0.1) is 0 Å². The van der Waals surface area contributed by atoms with Crippen LogP contribution in [-0.4, -0.2) is 43.6 Å². The number of nitrogens with zero attached hydrogens (tertiary/aromatic N) is 2. The largest absolute Gasteiger partial charge is 0.483 e. The van der Waals surface area contributed by atoms with Gasteiger partial charge in [-0.1, -0.05) is 41.9 Å². The minimum atomic E-state index is -0.193. The van der Waals surface area contributed by atoms with Gasteiger partial charge in [0.2, 0.25) is 0 Å². The van der Waals surface area contributed by atoms with Crippen LogP contribution in [0.25, 0.3) is 0 Å². The van der Waals surface area contributed by atoms with E-state index in [-0.39, 0.29) is 12.5 Å². The van der Waals surface area contributed by atoms with E-state index in [4.69, 9.17) is 16.3 Å². The molecule has 166 valence electrons. The summed E-state index contributed by atoms with van der Waals surface area (Å²) in [6.07, 6.45) is 0. The van der Waals surface area contributed by atoms with Gasteiger partial charge in [-0.15, -0.1) is 0 Å². The molecule has 0 saturated carbocycles. The number of hydrogen-bond donors (Lipinski definition) is 1. The van der Waals surface area contributed by atoms with Crippen LogP contribution in [-0.2, 0) is 11.3 Å². The number of benzene rings is 3. The van der Waals surface area contributed by atoms with Crippen molar-refractivity contribution in [2.75, 3.05) is 43.0 Å². The Hall–Kier alpha value is -3.02. The van der Waals surface area contributed by atoms with Crippen molar-refractivity contribution >= 4 is 28.9 Å². The summed E-state index contributed by atoms with van der Waals surface area (Å²) in [6.45, 7) is 6.91. The Morgan fingerprint density at radius 1 is 0.969 bits per heavy atom. The predicted octanol–water partition coefficient (Wildman–Crippen LogP) is 4.99. The van der Waals surface area contributed by atoms with Crippen LogP contribution in [0.3, 0.4) is 0 Å². The van der Waals surface area contributed by atoms with Crippen molar-refractivity contribution < 1.29 is 9.53 Å². The van der Waals surface area contributed by atoms with Gasteiger partial charge in [0.15, 0.2) is 6.61 Å². The fraction of sp³-hybridized carbons (Fsp3) is 0.269. The van der Waals surface area contributed by atoms with Gasteiger partial charge in [-0.25, -0.2) is 0 Å². The number of piperazine rings is 1. The standard InChI is InChI=1S/C26H28ClN3O2/c1-20-17-22(27)7-12-25(20)32-19-26(31)28-23-8-10-24(11-9-23)30-15-13-29(14-16-30)18-21-5-3-2-4-6-21/h2-12,17H,13-16,18-19H2,1H3,(H,28,31). The highest BCUT2D eigenvalue weighted by molar-refractivity contribution is 6.30. The molecular weight excluding hydrogens is 422 g/mol. The molecular formula is C26H28ClN3O2. The van der Waals surface area contributed by atoms with E-state index in [0.29, 0.717) is 10.8 Å². The topological polar surface area (TPSA) is 44.8 Å². The van der Waals surface area contributed by atoms with Crippen molar-refractivity contribution in [3.8, 4) is 5.75 Å². The Morgan fingerprint density at radius 2 is 1.69 bits per heavy atom. The molecule has 1 fully saturated rings. The fourth-order valence-corrected chi connectivity index (χ4v) is 4.10. The highest BCUT2D eigenvalue weighted by atomic mass is 35.5. The van der Waals surface area contributed by atoms with E-state index in [1.54, 1.807) is 12.1 Å². The number of carbonyl (C=O) groups excluding carboxylic acids is 1. The molecule has 1 aliphatic rings. The maximum absolute atomic E-state index is 12.3. The monoisotopic (exact) mass is 449 g/mol. The second-order valence-electron chi connectivity index (χ2n) is 8.04. The van der Waals surface area contributed by atoms with E-state index in [1.165, 1.54) is 11.3 Å². The van der Waals surface area contributed by atoms with Crippen LogP contribution in [0.1, 0.15) is 11.1 Å². The minimum absolute atomic E-state index is 0.0480. The summed E-state index contributed by atoms with van der Waals surface area (Å²) in [6, 6.07) is 24.0. The van der Waals surface area contributed by atoms with Crippen molar-refractivity contribution in [1.29, 1.82) is 0 Å². The highest BCUT2D eigenvalue weighted by Crippen LogP contribution is 2.22. The first-order valence-electron chi connectivity index (χ1n) is 10.9. The summed E-state index contributed by atoms with van der Waals surface area (Å²) in [5.41, 5.74) is 4.20. The lowest BCUT2D eigenvalue weighted by Crippen LogP contribution is -2.45. The quantitative estimate of drug-likeness (QED) is 0.552. The molecule has 1 N–H and O–H groups in total. The third-order valence-corrected chi connectivity index (χ3v) is 5.87. The number of aryl methyl sites for hydroxylation is 1. The lowest BCUT2D eigenvalue weighted by atomic mass is 10.2. The summed E-state index contributed by atoms with van der Waals surface area (Å²) in [4.78, 5) is 17.1. The Balaban J connectivity index is 1.24. The Morgan fingerprint density at radius 3 is 2.38 bits per heavy atom. The first-order valence-corrected chi connectivity index (χ1v) is 11.2. The average molecular weight is 450 g/mol. The summed E-state index contributed by atoms with van der Waals surface area (Å²) in [7, 11) is 0. The molecule has 0 radical (unpaired) electrons. The van der Waals surface area contributed by atoms with E-state index in [9.17, 15) is 4.79 Å².